The first-order valence-electron chi connectivity index (χ1n) is 11.2. The Hall–Kier alpha value is -4.15. The zero-order chi connectivity index (χ0) is 23.5. The number of nitrogens with zero attached hydrogens (tertiary/aromatic N) is 3. The van der Waals surface area contributed by atoms with Gasteiger partial charge < -0.3 is 20.2 Å². The first kappa shape index (κ1) is 21.7. The number of aromatic nitrogens is 1. The SMILES string of the molecule is O=C(Nc1ccccc1)N1CC(=O)N2[C@@H](CO)[C@@H](c3ccc(C#Cc4cccnc4)cc3)[C@@H]2C1. The topological polar surface area (TPSA) is 85.8 Å². The Morgan fingerprint density at radius 3 is 2.50 bits per heavy atom. The summed E-state index contributed by atoms with van der Waals surface area (Å²) in [6, 6.07) is 20.0. The lowest BCUT2D eigenvalue weighted by atomic mass is 9.73. The number of aliphatic hydroxyl groups excluding tert-OH is 1. The molecule has 2 N–H and O–H groups in total. The van der Waals surface area contributed by atoms with E-state index in [9.17, 15) is 14.7 Å². The Morgan fingerprint density at radius 1 is 1.03 bits per heavy atom. The predicted octanol–water partition coefficient (Wildman–Crippen LogP) is 2.68. The highest BCUT2D eigenvalue weighted by atomic mass is 16.3. The molecule has 0 spiro atoms. The van der Waals surface area contributed by atoms with Crippen LogP contribution in [-0.4, -0.2) is 63.6 Å². The van der Waals surface area contributed by atoms with E-state index in [1.54, 1.807) is 22.2 Å². The van der Waals surface area contributed by atoms with Crippen molar-refractivity contribution in [1.82, 2.24) is 14.8 Å². The summed E-state index contributed by atoms with van der Waals surface area (Å²) >= 11 is 0. The zero-order valence-electron chi connectivity index (χ0n) is 18.5. The van der Waals surface area contributed by atoms with Gasteiger partial charge in [-0.1, -0.05) is 42.2 Å². The van der Waals surface area contributed by atoms with Crippen LogP contribution in [0.1, 0.15) is 22.6 Å². The summed E-state index contributed by atoms with van der Waals surface area (Å²) in [6.45, 7) is 0.293. The first-order valence-corrected chi connectivity index (χ1v) is 11.2. The highest BCUT2D eigenvalue weighted by Gasteiger charge is 2.54. The summed E-state index contributed by atoms with van der Waals surface area (Å²) in [5, 5.41) is 12.8. The second-order valence-electron chi connectivity index (χ2n) is 8.43. The lowest BCUT2D eigenvalue weighted by molar-refractivity contribution is -0.159. The number of amides is 3. The van der Waals surface area contributed by atoms with Gasteiger partial charge in [0.2, 0.25) is 5.91 Å². The molecule has 2 fully saturated rings. The van der Waals surface area contributed by atoms with Gasteiger partial charge in [-0.25, -0.2) is 4.79 Å². The lowest BCUT2D eigenvalue weighted by Gasteiger charge is -2.58. The number of pyridine rings is 1. The van der Waals surface area contributed by atoms with Crippen LogP contribution in [0.5, 0.6) is 0 Å². The fourth-order valence-corrected chi connectivity index (χ4v) is 4.75. The van der Waals surface area contributed by atoms with Crippen LogP contribution in [-0.2, 0) is 4.79 Å². The van der Waals surface area contributed by atoms with Crippen molar-refractivity contribution in [3.8, 4) is 11.8 Å². The predicted molar refractivity (Wildman–Crippen MR) is 128 cm³/mol. The number of aliphatic hydroxyl groups is 1. The van der Waals surface area contributed by atoms with Crippen molar-refractivity contribution >= 4 is 17.6 Å². The number of para-hydroxylation sites is 1. The van der Waals surface area contributed by atoms with Gasteiger partial charge in [-0.15, -0.1) is 0 Å². The Bertz CT molecular complexity index is 1240. The molecule has 0 radical (unpaired) electrons. The van der Waals surface area contributed by atoms with E-state index in [-0.39, 0.29) is 43.1 Å². The zero-order valence-corrected chi connectivity index (χ0v) is 18.5. The van der Waals surface area contributed by atoms with Gasteiger partial charge in [0.05, 0.1) is 18.7 Å². The Labute approximate surface area is 198 Å². The van der Waals surface area contributed by atoms with Gasteiger partial charge in [0.1, 0.15) is 6.54 Å². The number of carbonyl (C=O) groups is 2. The number of fused-ring (bicyclic) bond motifs is 1. The third-order valence-electron chi connectivity index (χ3n) is 6.37. The molecule has 170 valence electrons. The largest absolute Gasteiger partial charge is 0.394 e. The van der Waals surface area contributed by atoms with Crippen LogP contribution >= 0.6 is 0 Å². The fourth-order valence-electron chi connectivity index (χ4n) is 4.75. The number of hydrogen-bond donors (Lipinski definition) is 2. The number of nitrogens with one attached hydrogen (secondary N) is 1. The standard InChI is InChI=1S/C27H24N4O3/c32-18-24-26(21-12-10-19(11-13-21)8-9-20-5-4-14-28-15-20)23-16-30(17-25(33)31(23)24)27(34)29-22-6-2-1-3-7-22/h1-7,10-15,23-24,26,32H,16-18H2,(H,29,34)/t23-,24-,26-/m0/s1. The van der Waals surface area contributed by atoms with E-state index in [4.69, 9.17) is 0 Å². The molecule has 3 atom stereocenters. The van der Waals surface area contributed by atoms with Crippen molar-refractivity contribution < 1.29 is 14.7 Å². The van der Waals surface area contributed by atoms with Crippen molar-refractivity contribution in [2.75, 3.05) is 25.0 Å². The van der Waals surface area contributed by atoms with Crippen molar-refractivity contribution in [3.05, 3.63) is 95.8 Å². The van der Waals surface area contributed by atoms with E-state index in [1.165, 1.54) is 0 Å². The molecule has 7 heteroatoms. The van der Waals surface area contributed by atoms with E-state index in [0.29, 0.717) is 12.2 Å². The van der Waals surface area contributed by atoms with E-state index in [2.05, 4.69) is 22.1 Å². The molecule has 3 amide bonds. The highest BCUT2D eigenvalue weighted by Crippen LogP contribution is 2.43. The number of benzene rings is 2. The summed E-state index contributed by atoms with van der Waals surface area (Å²) in [4.78, 5) is 32.9. The molecule has 0 unspecified atom stereocenters. The van der Waals surface area contributed by atoms with Crippen LogP contribution in [0, 0.1) is 11.8 Å². The number of rotatable bonds is 3. The van der Waals surface area contributed by atoms with Gasteiger partial charge in [0, 0.05) is 41.7 Å². The second kappa shape index (κ2) is 9.38. The minimum absolute atomic E-state index is 0.00125. The quantitative estimate of drug-likeness (QED) is 0.599. The van der Waals surface area contributed by atoms with Gasteiger partial charge in [-0.2, -0.15) is 0 Å². The molecule has 0 bridgehead atoms. The highest BCUT2D eigenvalue weighted by molar-refractivity contribution is 5.93. The van der Waals surface area contributed by atoms with Crippen molar-refractivity contribution in [1.29, 1.82) is 0 Å². The maximum Gasteiger partial charge on any atom is 0.322 e. The molecule has 7 nitrogen and oxygen atoms in total. The first-order chi connectivity index (χ1) is 16.6. The number of anilines is 1. The summed E-state index contributed by atoms with van der Waals surface area (Å²) in [5.41, 5.74) is 3.41. The third kappa shape index (κ3) is 4.24. The van der Waals surface area contributed by atoms with Crippen molar-refractivity contribution in [2.24, 2.45) is 0 Å². The maximum absolute atomic E-state index is 12.8. The number of hydrogen-bond acceptors (Lipinski definition) is 4. The summed E-state index contributed by atoms with van der Waals surface area (Å²) < 4.78 is 0. The summed E-state index contributed by atoms with van der Waals surface area (Å²) in [5.74, 6) is 6.02. The summed E-state index contributed by atoms with van der Waals surface area (Å²) in [7, 11) is 0. The smallest absolute Gasteiger partial charge is 0.322 e. The van der Waals surface area contributed by atoms with Crippen LogP contribution in [0.15, 0.2) is 79.1 Å². The van der Waals surface area contributed by atoms with Crippen LogP contribution < -0.4 is 5.32 Å². The Balaban J connectivity index is 1.31. The van der Waals surface area contributed by atoms with E-state index in [0.717, 1.165) is 16.7 Å². The van der Waals surface area contributed by atoms with E-state index in [1.807, 2.05) is 66.7 Å². The van der Waals surface area contributed by atoms with Gasteiger partial charge in [-0.3, -0.25) is 9.78 Å². The van der Waals surface area contributed by atoms with Gasteiger partial charge in [0.25, 0.3) is 0 Å². The molecule has 2 saturated heterocycles. The molecule has 2 aromatic carbocycles. The van der Waals surface area contributed by atoms with Crippen LogP contribution in [0.2, 0.25) is 0 Å². The molecule has 5 rings (SSSR count). The Morgan fingerprint density at radius 2 is 1.79 bits per heavy atom. The Kier molecular flexibility index (Phi) is 5.98. The van der Waals surface area contributed by atoms with Gasteiger partial charge >= 0.3 is 6.03 Å². The number of urea groups is 1. The molecular formula is C27H24N4O3. The van der Waals surface area contributed by atoms with Crippen molar-refractivity contribution in [2.45, 2.75) is 18.0 Å². The monoisotopic (exact) mass is 452 g/mol. The second-order valence-corrected chi connectivity index (χ2v) is 8.43. The number of piperazine rings is 1. The van der Waals surface area contributed by atoms with Crippen LogP contribution in [0.4, 0.5) is 10.5 Å². The van der Waals surface area contributed by atoms with Gasteiger partial charge in [-0.05, 0) is 42.0 Å². The fraction of sp³-hybridized carbons (Fsp3) is 0.222. The lowest BCUT2D eigenvalue weighted by Crippen LogP contribution is -2.73. The van der Waals surface area contributed by atoms with E-state index >= 15 is 0 Å². The number of carbonyl (C=O) groups excluding carboxylic acids is 2. The van der Waals surface area contributed by atoms with Crippen LogP contribution in [0.25, 0.3) is 0 Å². The normalized spacial score (nSPS) is 21.1. The molecule has 2 aliphatic rings. The molecule has 0 saturated carbocycles. The van der Waals surface area contributed by atoms with E-state index < -0.39 is 0 Å². The minimum Gasteiger partial charge on any atom is -0.394 e. The summed E-state index contributed by atoms with van der Waals surface area (Å²) in [6.07, 6.45) is 3.43. The van der Waals surface area contributed by atoms with Crippen molar-refractivity contribution in [3.63, 3.8) is 0 Å². The average molecular weight is 453 g/mol. The third-order valence-corrected chi connectivity index (χ3v) is 6.37. The molecule has 3 aromatic rings. The van der Waals surface area contributed by atoms with Gasteiger partial charge in [0.15, 0.2) is 0 Å². The molecule has 3 heterocycles. The molecule has 0 aliphatic carbocycles. The molecule has 1 aromatic heterocycles. The maximum atomic E-state index is 12.8. The minimum atomic E-state index is -0.300. The van der Waals surface area contributed by atoms with Crippen LogP contribution in [0.3, 0.4) is 0 Å². The average Bonchev–Trinajstić information content (AvgIpc) is 2.86. The molecule has 2 aliphatic heterocycles. The molecule has 34 heavy (non-hydrogen) atoms. The molecular weight excluding hydrogens is 428 g/mol.